The Kier molecular flexibility index (Phi) is 4.67. The number of fused-ring (bicyclic) bond motifs is 1. The van der Waals surface area contributed by atoms with Crippen molar-refractivity contribution in [2.75, 3.05) is 33.2 Å². The lowest BCUT2D eigenvalue weighted by atomic mass is 9.96. The molecule has 6 heteroatoms. The summed E-state index contributed by atoms with van der Waals surface area (Å²) in [7, 11) is 2.12. The number of likely N-dealkylation sites (N-methyl/N-ethyl adjacent to an activating group) is 1. The van der Waals surface area contributed by atoms with Crippen LogP contribution in [0.3, 0.4) is 0 Å². The quantitative estimate of drug-likeness (QED) is 0.787. The molecular weight excluding hydrogens is 326 g/mol. The van der Waals surface area contributed by atoms with Crippen LogP contribution in [-0.4, -0.2) is 64.1 Å². The maximum absolute atomic E-state index is 12.8. The van der Waals surface area contributed by atoms with E-state index in [1.165, 1.54) is 10.9 Å². The second-order valence-corrected chi connectivity index (χ2v) is 7.07. The van der Waals surface area contributed by atoms with Crippen molar-refractivity contribution in [3.63, 3.8) is 0 Å². The van der Waals surface area contributed by atoms with Crippen molar-refractivity contribution >= 4 is 16.7 Å². The first-order chi connectivity index (χ1) is 12.7. The molecule has 1 aliphatic rings. The van der Waals surface area contributed by atoms with Crippen LogP contribution in [0.5, 0.6) is 0 Å². The molecule has 1 aliphatic heterocycles. The van der Waals surface area contributed by atoms with Crippen LogP contribution >= 0.6 is 0 Å². The minimum atomic E-state index is 0.0267. The van der Waals surface area contributed by atoms with Gasteiger partial charge in [0.25, 0.3) is 5.91 Å². The number of amides is 1. The number of aromatic amines is 1. The maximum Gasteiger partial charge on any atom is 0.271 e. The van der Waals surface area contributed by atoms with Crippen molar-refractivity contribution < 1.29 is 4.79 Å². The number of aromatic nitrogens is 3. The first-order valence-electron chi connectivity index (χ1n) is 8.99. The molecule has 4 rings (SSSR count). The highest BCUT2D eigenvalue weighted by molar-refractivity contribution is 5.92. The summed E-state index contributed by atoms with van der Waals surface area (Å²) in [5, 5.41) is 9.11. The van der Waals surface area contributed by atoms with Gasteiger partial charge in [-0.15, -0.1) is 0 Å². The highest BCUT2D eigenvalue weighted by atomic mass is 16.2. The summed E-state index contributed by atoms with van der Waals surface area (Å²) in [6.45, 7) is 3.32. The molecule has 134 valence electrons. The van der Waals surface area contributed by atoms with Gasteiger partial charge in [0.05, 0.1) is 0 Å². The van der Waals surface area contributed by atoms with E-state index in [2.05, 4.69) is 45.3 Å². The maximum atomic E-state index is 12.8. The van der Waals surface area contributed by atoms with Gasteiger partial charge in [0.15, 0.2) is 0 Å². The molecule has 2 aromatic heterocycles. The van der Waals surface area contributed by atoms with Crippen molar-refractivity contribution in [2.45, 2.75) is 6.42 Å². The summed E-state index contributed by atoms with van der Waals surface area (Å²) < 4.78 is 0. The van der Waals surface area contributed by atoms with Gasteiger partial charge in [-0.05, 0) is 36.4 Å². The molecule has 3 heterocycles. The number of hydrogen-bond acceptors (Lipinski definition) is 4. The van der Waals surface area contributed by atoms with E-state index in [1.807, 2.05) is 23.4 Å². The second-order valence-electron chi connectivity index (χ2n) is 7.07. The van der Waals surface area contributed by atoms with Gasteiger partial charge in [0, 0.05) is 50.2 Å². The molecule has 1 saturated heterocycles. The third-order valence-corrected chi connectivity index (χ3v) is 5.08. The van der Waals surface area contributed by atoms with Crippen molar-refractivity contribution in [1.82, 2.24) is 25.0 Å². The average Bonchev–Trinajstić information content (AvgIpc) is 3.13. The number of carbonyl (C=O) groups is 1. The number of rotatable bonds is 3. The van der Waals surface area contributed by atoms with E-state index in [9.17, 15) is 4.79 Å². The van der Waals surface area contributed by atoms with E-state index in [1.54, 1.807) is 12.3 Å². The fraction of sp³-hybridized carbons (Fsp3) is 0.350. The minimum Gasteiger partial charge on any atom is -0.336 e. The van der Waals surface area contributed by atoms with E-state index in [-0.39, 0.29) is 5.91 Å². The van der Waals surface area contributed by atoms with Crippen LogP contribution in [0.2, 0.25) is 0 Å². The molecule has 6 nitrogen and oxygen atoms in total. The molecule has 0 unspecified atom stereocenters. The SMILES string of the molecule is CN1CCN(C(=O)c2ccn[nH]2)C[C@H](Cc2cncc3ccccc23)C1. The zero-order valence-electron chi connectivity index (χ0n) is 14.9. The fourth-order valence-corrected chi connectivity index (χ4v) is 3.80. The van der Waals surface area contributed by atoms with E-state index < -0.39 is 0 Å². The monoisotopic (exact) mass is 349 g/mol. The molecule has 0 radical (unpaired) electrons. The average molecular weight is 349 g/mol. The topological polar surface area (TPSA) is 65.1 Å². The van der Waals surface area contributed by atoms with Gasteiger partial charge in [-0.3, -0.25) is 14.9 Å². The number of nitrogens with zero attached hydrogens (tertiary/aromatic N) is 4. The first kappa shape index (κ1) is 16.7. The normalized spacial score (nSPS) is 18.8. The zero-order chi connectivity index (χ0) is 17.9. The summed E-state index contributed by atoms with van der Waals surface area (Å²) >= 11 is 0. The van der Waals surface area contributed by atoms with E-state index >= 15 is 0 Å². The van der Waals surface area contributed by atoms with Gasteiger partial charge in [0.2, 0.25) is 0 Å². The smallest absolute Gasteiger partial charge is 0.271 e. The Morgan fingerprint density at radius 3 is 2.92 bits per heavy atom. The number of hydrogen-bond donors (Lipinski definition) is 1. The molecule has 1 atom stereocenters. The Morgan fingerprint density at radius 2 is 2.08 bits per heavy atom. The van der Waals surface area contributed by atoms with Gasteiger partial charge in [-0.1, -0.05) is 24.3 Å². The molecule has 0 bridgehead atoms. The number of H-pyrrole nitrogens is 1. The van der Waals surface area contributed by atoms with Crippen LogP contribution in [0.15, 0.2) is 48.9 Å². The number of carbonyl (C=O) groups excluding carboxylic acids is 1. The van der Waals surface area contributed by atoms with Crippen LogP contribution < -0.4 is 0 Å². The van der Waals surface area contributed by atoms with Gasteiger partial charge < -0.3 is 9.80 Å². The van der Waals surface area contributed by atoms with Crippen molar-refractivity contribution in [1.29, 1.82) is 0 Å². The van der Waals surface area contributed by atoms with Crippen LogP contribution in [0.25, 0.3) is 10.8 Å². The zero-order valence-corrected chi connectivity index (χ0v) is 14.9. The first-order valence-corrected chi connectivity index (χ1v) is 8.99. The van der Waals surface area contributed by atoms with E-state index in [4.69, 9.17) is 0 Å². The van der Waals surface area contributed by atoms with E-state index in [0.29, 0.717) is 11.6 Å². The highest BCUT2D eigenvalue weighted by Gasteiger charge is 2.26. The van der Waals surface area contributed by atoms with Crippen LogP contribution in [-0.2, 0) is 6.42 Å². The van der Waals surface area contributed by atoms with Gasteiger partial charge in [0.1, 0.15) is 5.69 Å². The summed E-state index contributed by atoms with van der Waals surface area (Å²) in [5.74, 6) is 0.390. The minimum absolute atomic E-state index is 0.0267. The van der Waals surface area contributed by atoms with Crippen LogP contribution in [0.4, 0.5) is 0 Å². The highest BCUT2D eigenvalue weighted by Crippen LogP contribution is 2.22. The molecule has 1 amide bonds. The van der Waals surface area contributed by atoms with Crippen molar-refractivity contribution in [3.8, 4) is 0 Å². The van der Waals surface area contributed by atoms with Gasteiger partial charge in [-0.2, -0.15) is 5.10 Å². The largest absolute Gasteiger partial charge is 0.336 e. The predicted molar refractivity (Wildman–Crippen MR) is 101 cm³/mol. The molecule has 1 N–H and O–H groups in total. The van der Waals surface area contributed by atoms with Crippen molar-refractivity contribution in [2.24, 2.45) is 5.92 Å². The second kappa shape index (κ2) is 7.25. The molecule has 26 heavy (non-hydrogen) atoms. The number of nitrogens with one attached hydrogen (secondary N) is 1. The summed E-state index contributed by atoms with van der Waals surface area (Å²) in [5.41, 5.74) is 1.80. The van der Waals surface area contributed by atoms with Crippen molar-refractivity contribution in [3.05, 3.63) is 60.2 Å². The Labute approximate surface area is 152 Å². The van der Waals surface area contributed by atoms with Gasteiger partial charge >= 0.3 is 0 Å². The molecule has 0 aliphatic carbocycles. The molecular formula is C20H23N5O. The molecule has 3 aromatic rings. The summed E-state index contributed by atoms with van der Waals surface area (Å²) in [6, 6.07) is 10.1. The standard InChI is InChI=1S/C20H23N5O/c1-24-8-9-25(20(26)19-6-7-22-23-19)14-15(13-24)10-17-12-21-11-16-4-2-3-5-18(16)17/h2-7,11-12,15H,8-10,13-14H2,1H3,(H,22,23)/t15-/m1/s1. The Bertz CT molecular complexity index is 887. The summed E-state index contributed by atoms with van der Waals surface area (Å²) in [6.07, 6.45) is 6.41. The van der Waals surface area contributed by atoms with Crippen LogP contribution in [0.1, 0.15) is 16.1 Å². The Balaban J connectivity index is 1.57. The predicted octanol–water partition coefficient (Wildman–Crippen LogP) is 2.20. The lowest BCUT2D eigenvalue weighted by molar-refractivity contribution is 0.0740. The number of pyridine rings is 1. The molecule has 0 spiro atoms. The Hall–Kier alpha value is -2.73. The molecule has 1 fully saturated rings. The number of benzene rings is 1. The van der Waals surface area contributed by atoms with Crippen LogP contribution in [0, 0.1) is 5.92 Å². The Morgan fingerprint density at radius 1 is 1.19 bits per heavy atom. The lowest BCUT2D eigenvalue weighted by Gasteiger charge is -2.24. The third-order valence-electron chi connectivity index (χ3n) is 5.08. The fourth-order valence-electron chi connectivity index (χ4n) is 3.80. The summed E-state index contributed by atoms with van der Waals surface area (Å²) in [4.78, 5) is 21.4. The van der Waals surface area contributed by atoms with Gasteiger partial charge in [-0.25, -0.2) is 0 Å². The molecule has 1 aromatic carbocycles. The lowest BCUT2D eigenvalue weighted by Crippen LogP contribution is -2.36. The van der Waals surface area contributed by atoms with E-state index in [0.717, 1.165) is 38.0 Å². The third kappa shape index (κ3) is 3.46. The molecule has 0 saturated carbocycles.